The van der Waals surface area contributed by atoms with Crippen molar-refractivity contribution in [3.8, 4) is 0 Å². The first kappa shape index (κ1) is 14.2. The molecule has 0 aromatic heterocycles. The van der Waals surface area contributed by atoms with Crippen molar-refractivity contribution in [2.45, 2.75) is 51.5 Å². The molecule has 5 nitrogen and oxygen atoms in total. The highest BCUT2D eigenvalue weighted by molar-refractivity contribution is 5.76. The fourth-order valence-electron chi connectivity index (χ4n) is 2.24. The summed E-state index contributed by atoms with van der Waals surface area (Å²) < 4.78 is 0. The summed E-state index contributed by atoms with van der Waals surface area (Å²) in [5.74, 6) is 0.483. The SMILES string of the molecule is CCC(CC(=O)O)NC(=O)N(CC1CC1)CC1CC1. The van der Waals surface area contributed by atoms with Crippen LogP contribution in [0, 0.1) is 11.8 Å². The van der Waals surface area contributed by atoms with Crippen LogP contribution < -0.4 is 5.32 Å². The predicted octanol–water partition coefficient (Wildman–Crippen LogP) is 2.07. The van der Waals surface area contributed by atoms with Crippen LogP contribution in [0.15, 0.2) is 0 Å². The number of nitrogens with one attached hydrogen (secondary N) is 1. The summed E-state index contributed by atoms with van der Waals surface area (Å²) in [6.45, 7) is 3.58. The van der Waals surface area contributed by atoms with Gasteiger partial charge in [-0.2, -0.15) is 0 Å². The quantitative estimate of drug-likeness (QED) is 0.708. The molecule has 2 amide bonds. The van der Waals surface area contributed by atoms with Crippen LogP contribution in [0.4, 0.5) is 4.79 Å². The van der Waals surface area contributed by atoms with Crippen molar-refractivity contribution >= 4 is 12.0 Å². The van der Waals surface area contributed by atoms with E-state index in [4.69, 9.17) is 5.11 Å². The maximum Gasteiger partial charge on any atom is 0.317 e. The van der Waals surface area contributed by atoms with E-state index in [1.54, 1.807) is 0 Å². The monoisotopic (exact) mass is 268 g/mol. The van der Waals surface area contributed by atoms with Gasteiger partial charge in [0.25, 0.3) is 0 Å². The zero-order chi connectivity index (χ0) is 13.8. The number of hydrogen-bond donors (Lipinski definition) is 2. The van der Waals surface area contributed by atoms with Crippen molar-refractivity contribution in [3.05, 3.63) is 0 Å². The van der Waals surface area contributed by atoms with Crippen LogP contribution in [0.1, 0.15) is 45.4 Å². The van der Waals surface area contributed by atoms with Crippen LogP contribution in [0.2, 0.25) is 0 Å². The van der Waals surface area contributed by atoms with Crippen molar-refractivity contribution < 1.29 is 14.7 Å². The topological polar surface area (TPSA) is 69.6 Å². The Morgan fingerprint density at radius 3 is 2.11 bits per heavy atom. The van der Waals surface area contributed by atoms with E-state index in [1.165, 1.54) is 25.7 Å². The molecule has 108 valence electrons. The Bertz CT molecular complexity index is 324. The molecule has 0 aromatic carbocycles. The maximum absolute atomic E-state index is 12.2. The largest absolute Gasteiger partial charge is 0.481 e. The summed E-state index contributed by atoms with van der Waals surface area (Å²) in [5, 5.41) is 11.7. The molecule has 0 saturated heterocycles. The number of aliphatic carboxylic acids is 1. The molecular formula is C14H24N2O3. The Kier molecular flexibility index (Phi) is 4.66. The second-order valence-electron chi connectivity index (χ2n) is 5.94. The van der Waals surface area contributed by atoms with Gasteiger partial charge in [0.2, 0.25) is 0 Å². The highest BCUT2D eigenvalue weighted by atomic mass is 16.4. The molecule has 2 saturated carbocycles. The van der Waals surface area contributed by atoms with Crippen molar-refractivity contribution in [2.24, 2.45) is 11.8 Å². The third-order valence-electron chi connectivity index (χ3n) is 3.88. The van der Waals surface area contributed by atoms with Crippen LogP contribution >= 0.6 is 0 Å². The molecule has 0 heterocycles. The molecule has 5 heteroatoms. The van der Waals surface area contributed by atoms with Gasteiger partial charge in [0.15, 0.2) is 0 Å². The second kappa shape index (κ2) is 6.26. The summed E-state index contributed by atoms with van der Waals surface area (Å²) in [5.41, 5.74) is 0. The minimum Gasteiger partial charge on any atom is -0.481 e. The molecular weight excluding hydrogens is 244 g/mol. The number of rotatable bonds is 8. The lowest BCUT2D eigenvalue weighted by Crippen LogP contribution is -2.46. The van der Waals surface area contributed by atoms with Crippen LogP contribution in [-0.4, -0.2) is 41.1 Å². The number of carboxylic acids is 1. The minimum absolute atomic E-state index is 0.00291. The van der Waals surface area contributed by atoms with Crippen molar-refractivity contribution in [3.63, 3.8) is 0 Å². The van der Waals surface area contributed by atoms with E-state index in [9.17, 15) is 9.59 Å². The van der Waals surface area contributed by atoms with Gasteiger partial charge in [-0.15, -0.1) is 0 Å². The molecule has 2 aliphatic carbocycles. The first-order chi connectivity index (χ1) is 9.08. The van der Waals surface area contributed by atoms with Crippen molar-refractivity contribution in [2.75, 3.05) is 13.1 Å². The molecule has 0 radical (unpaired) electrons. The molecule has 2 fully saturated rings. The summed E-state index contributed by atoms with van der Waals surface area (Å²) in [6, 6.07) is -0.335. The fraction of sp³-hybridized carbons (Fsp3) is 0.857. The number of hydrogen-bond acceptors (Lipinski definition) is 2. The number of carboxylic acid groups (broad SMARTS) is 1. The first-order valence-electron chi connectivity index (χ1n) is 7.35. The van der Waals surface area contributed by atoms with Crippen LogP contribution in [0.3, 0.4) is 0 Å². The number of amides is 2. The lowest BCUT2D eigenvalue weighted by molar-refractivity contribution is -0.137. The standard InChI is InChI=1S/C14H24N2O3/c1-2-12(7-13(17)18)15-14(19)16(8-10-3-4-10)9-11-5-6-11/h10-12H,2-9H2,1H3,(H,15,19)(H,17,18). The summed E-state index contributed by atoms with van der Waals surface area (Å²) in [6.07, 6.45) is 5.55. The molecule has 0 aliphatic heterocycles. The van der Waals surface area contributed by atoms with Gasteiger partial charge >= 0.3 is 12.0 Å². The molecule has 1 atom stereocenters. The Morgan fingerprint density at radius 1 is 1.21 bits per heavy atom. The van der Waals surface area contributed by atoms with Gasteiger partial charge in [-0.25, -0.2) is 4.79 Å². The van der Waals surface area contributed by atoms with Crippen molar-refractivity contribution in [1.29, 1.82) is 0 Å². The Balaban J connectivity index is 1.83. The number of nitrogens with zero attached hydrogens (tertiary/aromatic N) is 1. The molecule has 2 N–H and O–H groups in total. The van der Waals surface area contributed by atoms with Crippen LogP contribution in [0.5, 0.6) is 0 Å². The van der Waals surface area contributed by atoms with Gasteiger partial charge in [-0.3, -0.25) is 4.79 Å². The minimum atomic E-state index is -0.858. The molecule has 2 aliphatic rings. The number of urea groups is 1. The molecule has 19 heavy (non-hydrogen) atoms. The van der Waals surface area contributed by atoms with E-state index in [0.29, 0.717) is 18.3 Å². The van der Waals surface area contributed by atoms with E-state index < -0.39 is 5.97 Å². The van der Waals surface area contributed by atoms with E-state index >= 15 is 0 Å². The van der Waals surface area contributed by atoms with Gasteiger partial charge in [-0.1, -0.05) is 6.92 Å². The summed E-state index contributed by atoms with van der Waals surface area (Å²) in [4.78, 5) is 24.9. The van der Waals surface area contributed by atoms with E-state index in [-0.39, 0.29) is 18.5 Å². The van der Waals surface area contributed by atoms with E-state index in [1.807, 2.05) is 11.8 Å². The third-order valence-corrected chi connectivity index (χ3v) is 3.88. The summed E-state index contributed by atoms with van der Waals surface area (Å²) >= 11 is 0. The van der Waals surface area contributed by atoms with Gasteiger partial charge < -0.3 is 15.3 Å². The van der Waals surface area contributed by atoms with Gasteiger partial charge in [0.05, 0.1) is 6.42 Å². The van der Waals surface area contributed by atoms with Crippen LogP contribution in [-0.2, 0) is 4.79 Å². The average Bonchev–Trinajstić information content (AvgIpc) is 3.21. The molecule has 0 spiro atoms. The van der Waals surface area contributed by atoms with Gasteiger partial charge in [-0.05, 0) is 43.9 Å². The Hall–Kier alpha value is -1.26. The number of carbonyl (C=O) groups excluding carboxylic acids is 1. The normalized spacial score (nSPS) is 19.8. The van der Waals surface area contributed by atoms with E-state index in [2.05, 4.69) is 5.32 Å². The smallest absolute Gasteiger partial charge is 0.317 e. The zero-order valence-electron chi connectivity index (χ0n) is 11.6. The molecule has 0 bridgehead atoms. The summed E-state index contributed by atoms with van der Waals surface area (Å²) in [7, 11) is 0. The fourth-order valence-corrected chi connectivity index (χ4v) is 2.24. The van der Waals surface area contributed by atoms with Crippen LogP contribution in [0.25, 0.3) is 0 Å². The third kappa shape index (κ3) is 5.09. The average molecular weight is 268 g/mol. The maximum atomic E-state index is 12.2. The second-order valence-corrected chi connectivity index (χ2v) is 5.94. The lowest BCUT2D eigenvalue weighted by atomic mass is 10.1. The van der Waals surface area contributed by atoms with E-state index in [0.717, 1.165) is 13.1 Å². The van der Waals surface area contributed by atoms with Gasteiger partial charge in [0.1, 0.15) is 0 Å². The highest BCUT2D eigenvalue weighted by Crippen LogP contribution is 2.33. The molecule has 0 aromatic rings. The van der Waals surface area contributed by atoms with Gasteiger partial charge in [0, 0.05) is 19.1 Å². The Morgan fingerprint density at radius 2 is 1.74 bits per heavy atom. The predicted molar refractivity (Wildman–Crippen MR) is 71.9 cm³/mol. The Labute approximate surface area is 114 Å². The van der Waals surface area contributed by atoms with Crippen molar-refractivity contribution in [1.82, 2.24) is 10.2 Å². The molecule has 2 rings (SSSR count). The number of carbonyl (C=O) groups is 2. The lowest BCUT2D eigenvalue weighted by Gasteiger charge is -2.25. The highest BCUT2D eigenvalue weighted by Gasteiger charge is 2.32. The zero-order valence-corrected chi connectivity index (χ0v) is 11.6. The first-order valence-corrected chi connectivity index (χ1v) is 7.35. The molecule has 1 unspecified atom stereocenters.